The third kappa shape index (κ3) is 4.53. The number of aromatic nitrogens is 1. The van der Waals surface area contributed by atoms with Gasteiger partial charge < -0.3 is 9.15 Å². The maximum atomic E-state index is 13.0. The number of oxazole rings is 1. The van der Waals surface area contributed by atoms with Gasteiger partial charge in [-0.3, -0.25) is 0 Å². The minimum Gasteiger partial charge on any atom is -0.494 e. The largest absolute Gasteiger partial charge is 0.494 e. The van der Waals surface area contributed by atoms with E-state index in [1.807, 2.05) is 31.2 Å². The van der Waals surface area contributed by atoms with E-state index in [-0.39, 0.29) is 11.4 Å². The van der Waals surface area contributed by atoms with Crippen LogP contribution in [-0.4, -0.2) is 20.0 Å². The highest BCUT2D eigenvalue weighted by Gasteiger charge is 2.17. The van der Waals surface area contributed by atoms with Crippen LogP contribution in [-0.2, 0) is 16.6 Å². The van der Waals surface area contributed by atoms with Crippen LogP contribution in [0, 0.1) is 12.7 Å². The predicted molar refractivity (Wildman–Crippen MR) is 98.3 cm³/mol. The van der Waals surface area contributed by atoms with Crippen LogP contribution in [0.4, 0.5) is 4.39 Å². The summed E-state index contributed by atoms with van der Waals surface area (Å²) in [6, 6.07) is 11.9. The number of benzene rings is 2. The van der Waals surface area contributed by atoms with Gasteiger partial charge in [0.15, 0.2) is 0 Å². The summed E-state index contributed by atoms with van der Waals surface area (Å²) in [5.74, 6) is 1.16. The molecule has 1 heterocycles. The first-order chi connectivity index (χ1) is 12.9. The lowest BCUT2D eigenvalue weighted by Gasteiger charge is -2.05. The Labute approximate surface area is 157 Å². The number of hydrogen-bond donors (Lipinski definition) is 1. The van der Waals surface area contributed by atoms with Gasteiger partial charge in [0, 0.05) is 5.56 Å². The highest BCUT2D eigenvalue weighted by molar-refractivity contribution is 7.89. The van der Waals surface area contributed by atoms with E-state index in [9.17, 15) is 12.8 Å². The van der Waals surface area contributed by atoms with E-state index < -0.39 is 15.8 Å². The van der Waals surface area contributed by atoms with Gasteiger partial charge in [0.25, 0.3) is 0 Å². The highest BCUT2D eigenvalue weighted by atomic mass is 32.2. The molecule has 8 heteroatoms. The zero-order valence-electron chi connectivity index (χ0n) is 14.9. The Morgan fingerprint density at radius 1 is 1.11 bits per heavy atom. The molecule has 0 aliphatic heterocycles. The topological polar surface area (TPSA) is 81.4 Å². The van der Waals surface area contributed by atoms with E-state index in [1.54, 1.807) is 6.92 Å². The molecule has 0 unspecified atom stereocenters. The molecule has 3 rings (SSSR count). The van der Waals surface area contributed by atoms with Crippen molar-refractivity contribution in [3.63, 3.8) is 0 Å². The molecule has 0 fully saturated rings. The molecule has 0 saturated heterocycles. The zero-order valence-corrected chi connectivity index (χ0v) is 15.7. The van der Waals surface area contributed by atoms with Gasteiger partial charge in [-0.25, -0.2) is 22.5 Å². The van der Waals surface area contributed by atoms with Crippen LogP contribution in [0.15, 0.2) is 57.8 Å². The molecule has 3 aromatic rings. The molecule has 0 amide bonds. The molecule has 142 valence electrons. The van der Waals surface area contributed by atoms with Crippen LogP contribution in [0.25, 0.3) is 11.5 Å². The molecule has 27 heavy (non-hydrogen) atoms. The molecule has 6 nitrogen and oxygen atoms in total. The molecular weight excluding hydrogens is 371 g/mol. The lowest BCUT2D eigenvalue weighted by Crippen LogP contribution is -2.23. The van der Waals surface area contributed by atoms with Gasteiger partial charge in [-0.05, 0) is 62.4 Å². The van der Waals surface area contributed by atoms with Crippen molar-refractivity contribution in [2.24, 2.45) is 0 Å². The lowest BCUT2D eigenvalue weighted by molar-refractivity contribution is 0.340. The van der Waals surface area contributed by atoms with Crippen LogP contribution >= 0.6 is 0 Å². The predicted octanol–water partition coefficient (Wildman–Crippen LogP) is 3.67. The first-order valence-corrected chi connectivity index (χ1v) is 9.82. The van der Waals surface area contributed by atoms with E-state index in [0.29, 0.717) is 24.0 Å². The van der Waals surface area contributed by atoms with E-state index in [2.05, 4.69) is 9.71 Å². The third-order valence-corrected chi connectivity index (χ3v) is 5.28. The Balaban J connectivity index is 1.74. The summed E-state index contributed by atoms with van der Waals surface area (Å²) in [7, 11) is -3.77. The Hall–Kier alpha value is -2.71. The van der Waals surface area contributed by atoms with Crippen molar-refractivity contribution < 1.29 is 22.0 Å². The molecule has 1 aromatic heterocycles. The van der Waals surface area contributed by atoms with Crippen LogP contribution in [0.2, 0.25) is 0 Å². The maximum Gasteiger partial charge on any atom is 0.240 e. The Morgan fingerprint density at radius 3 is 2.41 bits per heavy atom. The first kappa shape index (κ1) is 19.1. The van der Waals surface area contributed by atoms with Crippen molar-refractivity contribution in [1.82, 2.24) is 9.71 Å². The lowest BCUT2D eigenvalue weighted by atomic mass is 10.2. The van der Waals surface area contributed by atoms with Crippen LogP contribution in [0.3, 0.4) is 0 Å². The van der Waals surface area contributed by atoms with Gasteiger partial charge in [0.05, 0.1) is 23.7 Å². The molecule has 0 spiro atoms. The molecule has 2 aromatic carbocycles. The smallest absolute Gasteiger partial charge is 0.240 e. The van der Waals surface area contributed by atoms with Crippen LogP contribution < -0.4 is 9.46 Å². The van der Waals surface area contributed by atoms with Gasteiger partial charge in [0.2, 0.25) is 15.9 Å². The van der Waals surface area contributed by atoms with E-state index in [0.717, 1.165) is 23.4 Å². The van der Waals surface area contributed by atoms with Crippen molar-refractivity contribution in [3.05, 3.63) is 65.8 Å². The summed E-state index contributed by atoms with van der Waals surface area (Å²) in [6.45, 7) is 4.17. The number of sulfonamides is 1. The minimum atomic E-state index is -3.77. The molecule has 0 bridgehead atoms. The molecule has 1 N–H and O–H groups in total. The Kier molecular flexibility index (Phi) is 5.57. The molecule has 0 radical (unpaired) electrons. The second-order valence-electron chi connectivity index (χ2n) is 5.76. The Morgan fingerprint density at radius 2 is 1.78 bits per heavy atom. The van der Waals surface area contributed by atoms with Crippen molar-refractivity contribution in [2.75, 3.05) is 6.61 Å². The van der Waals surface area contributed by atoms with Gasteiger partial charge >= 0.3 is 0 Å². The van der Waals surface area contributed by atoms with E-state index in [4.69, 9.17) is 9.15 Å². The average molecular weight is 390 g/mol. The van der Waals surface area contributed by atoms with Gasteiger partial charge in [-0.1, -0.05) is 0 Å². The normalized spacial score (nSPS) is 11.5. The second-order valence-corrected chi connectivity index (χ2v) is 7.52. The summed E-state index contributed by atoms with van der Waals surface area (Å²) in [6.07, 6.45) is 0. The SMILES string of the molecule is CCOc1ccc(-c2nc(CNS(=O)(=O)c3ccc(F)cc3)c(C)o2)cc1. The molecule has 0 aliphatic rings. The highest BCUT2D eigenvalue weighted by Crippen LogP contribution is 2.24. The number of halogens is 1. The van der Waals surface area contributed by atoms with E-state index in [1.165, 1.54) is 12.1 Å². The summed E-state index contributed by atoms with van der Waals surface area (Å²) in [4.78, 5) is 4.36. The quantitative estimate of drug-likeness (QED) is 0.666. The van der Waals surface area contributed by atoms with Crippen molar-refractivity contribution >= 4 is 10.0 Å². The van der Waals surface area contributed by atoms with Crippen molar-refractivity contribution in [3.8, 4) is 17.2 Å². The molecule has 0 aliphatic carbocycles. The first-order valence-electron chi connectivity index (χ1n) is 8.34. The average Bonchev–Trinajstić information content (AvgIpc) is 3.02. The number of ether oxygens (including phenoxy) is 1. The number of nitrogens with one attached hydrogen (secondary N) is 1. The minimum absolute atomic E-state index is 0.0169. The summed E-state index contributed by atoms with van der Waals surface area (Å²) in [5.41, 5.74) is 1.23. The Bertz CT molecular complexity index is 1010. The van der Waals surface area contributed by atoms with Gasteiger partial charge in [-0.2, -0.15) is 0 Å². The van der Waals surface area contributed by atoms with Gasteiger partial charge in [-0.15, -0.1) is 0 Å². The van der Waals surface area contributed by atoms with Crippen molar-refractivity contribution in [1.29, 1.82) is 0 Å². The van der Waals surface area contributed by atoms with Crippen LogP contribution in [0.1, 0.15) is 18.4 Å². The second kappa shape index (κ2) is 7.89. The summed E-state index contributed by atoms with van der Waals surface area (Å²) in [5, 5.41) is 0. The fourth-order valence-corrected chi connectivity index (χ4v) is 3.42. The fourth-order valence-electron chi connectivity index (χ4n) is 2.44. The van der Waals surface area contributed by atoms with Gasteiger partial charge in [0.1, 0.15) is 17.3 Å². The molecular formula is C19H19FN2O4S. The van der Waals surface area contributed by atoms with E-state index >= 15 is 0 Å². The third-order valence-electron chi connectivity index (χ3n) is 3.86. The summed E-state index contributed by atoms with van der Waals surface area (Å²) < 4.78 is 51.1. The van der Waals surface area contributed by atoms with Crippen LogP contribution in [0.5, 0.6) is 5.75 Å². The number of nitrogens with zero attached hydrogens (tertiary/aromatic N) is 1. The number of rotatable bonds is 7. The summed E-state index contributed by atoms with van der Waals surface area (Å²) >= 11 is 0. The monoisotopic (exact) mass is 390 g/mol. The molecule has 0 saturated carbocycles. The standard InChI is InChI=1S/C19H19FN2O4S/c1-3-25-16-8-4-14(5-9-16)19-22-18(13(2)26-19)12-21-27(23,24)17-10-6-15(20)7-11-17/h4-11,21H,3,12H2,1-2H3. The number of hydrogen-bond acceptors (Lipinski definition) is 5. The fraction of sp³-hybridized carbons (Fsp3) is 0.211. The number of aryl methyl sites for hydroxylation is 1. The molecule has 0 atom stereocenters. The maximum absolute atomic E-state index is 13.0. The zero-order chi connectivity index (χ0) is 19.4. The van der Waals surface area contributed by atoms with Crippen molar-refractivity contribution in [2.45, 2.75) is 25.3 Å².